The lowest BCUT2D eigenvalue weighted by Gasteiger charge is -2.26. The Kier molecular flexibility index (Phi) is 36.1. The number of carbonyl (C=O) groups excluding carboxylic acids is 13. The number of benzene rings is 3. The van der Waals surface area contributed by atoms with Crippen molar-refractivity contribution in [2.24, 2.45) is 47.3 Å². The van der Waals surface area contributed by atoms with Crippen LogP contribution in [0.1, 0.15) is 180 Å². The van der Waals surface area contributed by atoms with Crippen molar-refractivity contribution in [3.05, 3.63) is 96.6 Å². The molecule has 0 N–H and O–H groups in total. The maximum Gasteiger partial charge on any atom is 0.342 e. The van der Waals surface area contributed by atoms with E-state index in [1.807, 2.05) is 0 Å². The van der Waals surface area contributed by atoms with Gasteiger partial charge in [-0.1, -0.05) is 13.2 Å². The lowest BCUT2D eigenvalue weighted by molar-refractivity contribution is -0.152. The van der Waals surface area contributed by atoms with Crippen LogP contribution in [0, 0.1) is 47.3 Å². The van der Waals surface area contributed by atoms with E-state index < -0.39 is 113 Å². The van der Waals surface area contributed by atoms with Crippen LogP contribution >= 0.6 is 0 Å². The predicted octanol–water partition coefficient (Wildman–Crippen LogP) is 10.4. The summed E-state index contributed by atoms with van der Waals surface area (Å²) < 4.78 is 87.6. The summed E-state index contributed by atoms with van der Waals surface area (Å²) in [7, 11) is 0. The Morgan fingerprint density at radius 3 is 0.741 bits per heavy atom. The van der Waals surface area contributed by atoms with Crippen LogP contribution in [0.5, 0.6) is 34.5 Å². The molecule has 0 heterocycles. The average Bonchev–Trinajstić information content (AvgIpc) is 0.823. The third kappa shape index (κ3) is 27.7. The molecule has 29 nitrogen and oxygen atoms in total. The lowest BCUT2D eigenvalue weighted by Crippen LogP contribution is -2.31. The van der Waals surface area contributed by atoms with Crippen LogP contribution in [-0.4, -0.2) is 163 Å². The monoisotopic (exact) mass is 1510 g/mol. The number of rotatable bonds is 41. The third-order valence-corrected chi connectivity index (χ3v) is 18.8. The number of esters is 13. The van der Waals surface area contributed by atoms with Gasteiger partial charge >= 0.3 is 77.6 Å². The van der Waals surface area contributed by atoms with E-state index in [-0.39, 0.29) is 181 Å². The highest BCUT2D eigenvalue weighted by Gasteiger charge is 2.38. The van der Waals surface area contributed by atoms with E-state index in [0.29, 0.717) is 96.9 Å². The second kappa shape index (κ2) is 45.7. The Morgan fingerprint density at radius 2 is 0.509 bits per heavy atom. The molecule has 4 aliphatic carbocycles. The van der Waals surface area contributed by atoms with E-state index >= 15 is 0 Å². The molecule has 0 amide bonds. The lowest BCUT2D eigenvalue weighted by atomic mass is 9.82. The van der Waals surface area contributed by atoms with Gasteiger partial charge in [-0.2, -0.15) is 0 Å². The normalized spacial score (nSPS) is 19.6. The van der Waals surface area contributed by atoms with E-state index in [1.54, 1.807) is 20.8 Å². The van der Waals surface area contributed by atoms with E-state index in [4.69, 9.17) is 75.8 Å². The number of unbranched alkanes of at least 4 members (excludes halogenated alkanes) is 2. The van der Waals surface area contributed by atoms with Crippen LogP contribution in [0.15, 0.2) is 79.9 Å². The fourth-order valence-corrected chi connectivity index (χ4v) is 12.6. The first-order chi connectivity index (χ1) is 52.2. The standard InChI is InChI=1S/C79H98O29/c1-6-67(80)96-37-11-13-39-98-69(82)50-15-19-55(20-16-50)74(87)106-64-34-31-58(47-61(64)77(90)100-44-41-93-8-3)103-71(84)52-23-25-53(26-24-52)72(85)104-59-33-36-66(63(48-59)79(92)102-46-43-95-10-5)108-76(89)57-29-27-54(28-30-57)73(86)105-60-32-35-65(62(49-60)78(91)101-45-42-94-9-4)107-75(88)56-21-17-51(18-22-56)70(83)99-40-14-12-38-97-68(81)7-2/h6-7,31-36,47-57H,1-2,8-30,37-46H2,3-5H3. The summed E-state index contributed by atoms with van der Waals surface area (Å²) in [6.07, 6.45) is 8.51. The van der Waals surface area contributed by atoms with E-state index in [0.717, 1.165) is 12.2 Å². The summed E-state index contributed by atoms with van der Waals surface area (Å²) in [6, 6.07) is 11.7. The van der Waals surface area contributed by atoms with E-state index in [2.05, 4.69) is 13.2 Å². The molecule has 3 aromatic carbocycles. The van der Waals surface area contributed by atoms with Crippen LogP contribution in [0.4, 0.5) is 0 Å². The van der Waals surface area contributed by atoms with Crippen molar-refractivity contribution in [3.8, 4) is 34.5 Å². The SMILES string of the molecule is C=CC(=O)OCCCCOC(=O)C1CCC(C(=O)Oc2ccc(OC(=O)C3CCC(C(=O)Oc4ccc(OC(=O)C5CCC(C(=O)Oc6ccc(OC(=O)C7CCC(C(=O)OCCCCOC(=O)C=C)CC7)c(C(=O)OCCOCC)c6)CC5)c(C(=O)OCCOCC)c4)CC3)cc2C(=O)OCCOCC)CC1. The topological polar surface area (TPSA) is 370 Å². The van der Waals surface area contributed by atoms with Gasteiger partial charge in [-0.25, -0.2) is 24.0 Å². The van der Waals surface area contributed by atoms with Crippen molar-refractivity contribution < 1.29 is 138 Å². The quantitative estimate of drug-likeness (QED) is 0.0167. The Balaban J connectivity index is 0.893. The Labute approximate surface area is 626 Å². The van der Waals surface area contributed by atoms with Gasteiger partial charge in [0.25, 0.3) is 0 Å². The molecule has 0 aromatic heterocycles. The average molecular weight is 1510 g/mol. The summed E-state index contributed by atoms with van der Waals surface area (Å²) in [5.74, 6) is -13.7. The fraction of sp³-hybridized carbons (Fsp3) is 0.557. The summed E-state index contributed by atoms with van der Waals surface area (Å²) in [4.78, 5) is 171. The van der Waals surface area contributed by atoms with Crippen molar-refractivity contribution in [1.82, 2.24) is 0 Å². The Hall–Kier alpha value is -9.87. The maximum absolute atomic E-state index is 13.9. The minimum absolute atomic E-state index is 0.0359. The minimum atomic E-state index is -0.905. The van der Waals surface area contributed by atoms with Crippen molar-refractivity contribution in [2.45, 2.75) is 149 Å². The van der Waals surface area contributed by atoms with Crippen molar-refractivity contribution in [3.63, 3.8) is 0 Å². The number of hydrogen-bond acceptors (Lipinski definition) is 29. The number of carbonyl (C=O) groups is 13. The van der Waals surface area contributed by atoms with Gasteiger partial charge in [0, 0.05) is 32.0 Å². The first-order valence-corrected chi connectivity index (χ1v) is 37.1. The molecular formula is C79H98O29. The molecular weight excluding hydrogens is 1410 g/mol. The van der Waals surface area contributed by atoms with E-state index in [9.17, 15) is 62.3 Å². The largest absolute Gasteiger partial charge is 0.465 e. The van der Waals surface area contributed by atoms with Crippen LogP contribution in [0.25, 0.3) is 0 Å². The second-order valence-electron chi connectivity index (χ2n) is 26.2. The highest BCUT2D eigenvalue weighted by Crippen LogP contribution is 2.39. The fourth-order valence-electron chi connectivity index (χ4n) is 12.6. The summed E-state index contributed by atoms with van der Waals surface area (Å²) in [5.41, 5.74) is -0.604. The Bertz CT molecular complexity index is 3580. The van der Waals surface area contributed by atoms with Gasteiger partial charge < -0.3 is 75.8 Å². The molecule has 4 aliphatic rings. The van der Waals surface area contributed by atoms with Gasteiger partial charge in [0.15, 0.2) is 0 Å². The smallest absolute Gasteiger partial charge is 0.342 e. The molecule has 0 radical (unpaired) electrons. The van der Waals surface area contributed by atoms with Crippen LogP contribution < -0.4 is 28.4 Å². The highest BCUT2D eigenvalue weighted by molar-refractivity contribution is 5.96. The summed E-state index contributed by atoms with van der Waals surface area (Å²) in [5, 5.41) is 0. The Morgan fingerprint density at radius 1 is 0.287 bits per heavy atom. The van der Waals surface area contributed by atoms with Crippen LogP contribution in [0.2, 0.25) is 0 Å². The van der Waals surface area contributed by atoms with Gasteiger partial charge in [-0.15, -0.1) is 0 Å². The number of ether oxygens (including phenoxy) is 16. The molecule has 7 rings (SSSR count). The number of hydrogen-bond donors (Lipinski definition) is 0. The molecule has 0 atom stereocenters. The maximum atomic E-state index is 13.9. The molecule has 108 heavy (non-hydrogen) atoms. The molecule has 3 aromatic rings. The molecule has 29 heteroatoms. The first-order valence-electron chi connectivity index (χ1n) is 37.1. The zero-order valence-corrected chi connectivity index (χ0v) is 61.6. The third-order valence-electron chi connectivity index (χ3n) is 18.8. The van der Waals surface area contributed by atoms with Crippen molar-refractivity contribution in [1.29, 1.82) is 0 Å². The van der Waals surface area contributed by atoms with E-state index in [1.165, 1.54) is 54.6 Å². The highest BCUT2D eigenvalue weighted by atomic mass is 16.6. The first kappa shape index (κ1) is 85.4. The van der Waals surface area contributed by atoms with Crippen molar-refractivity contribution in [2.75, 3.05) is 85.9 Å². The van der Waals surface area contributed by atoms with Crippen LogP contribution in [-0.2, 0) is 95.3 Å². The molecule has 0 saturated heterocycles. The molecule has 4 fully saturated rings. The van der Waals surface area contributed by atoms with Crippen LogP contribution in [0.3, 0.4) is 0 Å². The minimum Gasteiger partial charge on any atom is -0.465 e. The van der Waals surface area contributed by atoms with Gasteiger partial charge in [0.05, 0.1) is 93.6 Å². The van der Waals surface area contributed by atoms with Gasteiger partial charge in [-0.3, -0.25) is 38.4 Å². The molecule has 0 spiro atoms. The molecule has 4 saturated carbocycles. The van der Waals surface area contributed by atoms with Gasteiger partial charge in [-0.05, 0) is 204 Å². The molecule has 0 bridgehead atoms. The molecule has 0 aliphatic heterocycles. The predicted molar refractivity (Wildman–Crippen MR) is 378 cm³/mol. The summed E-state index contributed by atoms with van der Waals surface area (Å²) in [6.45, 7) is 13.6. The molecule has 588 valence electrons. The summed E-state index contributed by atoms with van der Waals surface area (Å²) >= 11 is 0. The van der Waals surface area contributed by atoms with Gasteiger partial charge in [0.1, 0.15) is 71.0 Å². The second-order valence-corrected chi connectivity index (χ2v) is 26.2. The van der Waals surface area contributed by atoms with Gasteiger partial charge in [0.2, 0.25) is 0 Å². The zero-order chi connectivity index (χ0) is 77.7. The zero-order valence-electron chi connectivity index (χ0n) is 61.6. The molecule has 0 unspecified atom stereocenters. The van der Waals surface area contributed by atoms with Crippen molar-refractivity contribution >= 4 is 77.6 Å².